The van der Waals surface area contributed by atoms with Crippen molar-refractivity contribution in [2.75, 3.05) is 13.1 Å². The van der Waals surface area contributed by atoms with Gasteiger partial charge in [-0.1, -0.05) is 12.1 Å². The number of fused-ring (bicyclic) bond motifs is 3. The topological polar surface area (TPSA) is 70.7 Å². The smallest absolute Gasteiger partial charge is 0.272 e. The minimum atomic E-state index is -0.569. The molecule has 4 aromatic rings. The van der Waals surface area contributed by atoms with Crippen LogP contribution >= 0.6 is 0 Å². The van der Waals surface area contributed by atoms with Crippen molar-refractivity contribution in [1.82, 2.24) is 19.3 Å². The lowest BCUT2D eigenvalue weighted by Crippen LogP contribution is -2.33. The second kappa shape index (κ2) is 6.97. The van der Waals surface area contributed by atoms with E-state index >= 15 is 0 Å². The highest BCUT2D eigenvalue weighted by Crippen LogP contribution is 2.51. The molecule has 160 valence electrons. The van der Waals surface area contributed by atoms with Gasteiger partial charge >= 0.3 is 0 Å². The summed E-state index contributed by atoms with van der Waals surface area (Å²) >= 11 is 0. The molecule has 6 rings (SSSR count). The Morgan fingerprint density at radius 3 is 2.84 bits per heavy atom. The van der Waals surface area contributed by atoms with E-state index in [0.717, 1.165) is 40.5 Å². The normalized spacial score (nSPS) is 22.1. The lowest BCUT2D eigenvalue weighted by Gasteiger charge is -2.25. The predicted octanol–water partition coefficient (Wildman–Crippen LogP) is 3.76. The van der Waals surface area contributed by atoms with Crippen LogP contribution in [0.3, 0.4) is 0 Å². The number of nitrogens with zero attached hydrogens (tertiary/aromatic N) is 4. The fourth-order valence-corrected chi connectivity index (χ4v) is 5.28. The molecule has 1 amide bonds. The first-order valence-corrected chi connectivity index (χ1v) is 10.7. The summed E-state index contributed by atoms with van der Waals surface area (Å²) in [4.78, 5) is 22.9. The number of amides is 1. The molecule has 0 radical (unpaired) electrons. The Kier molecular flexibility index (Phi) is 4.16. The van der Waals surface area contributed by atoms with Gasteiger partial charge in [0.05, 0.1) is 12.3 Å². The fourth-order valence-electron chi connectivity index (χ4n) is 5.28. The quantitative estimate of drug-likeness (QED) is 0.528. The monoisotopic (exact) mass is 428 g/mol. The molecular formula is C25H21FN4O2. The van der Waals surface area contributed by atoms with Crippen molar-refractivity contribution >= 4 is 11.6 Å². The van der Waals surface area contributed by atoms with Crippen LogP contribution in [0.5, 0.6) is 0 Å². The summed E-state index contributed by atoms with van der Waals surface area (Å²) in [5, 5.41) is 10.9. The van der Waals surface area contributed by atoms with Crippen molar-refractivity contribution in [2.24, 2.45) is 0 Å². The molecule has 1 fully saturated rings. The third kappa shape index (κ3) is 2.92. The Morgan fingerprint density at radius 2 is 2.00 bits per heavy atom. The van der Waals surface area contributed by atoms with Crippen LogP contribution in [0, 0.1) is 5.82 Å². The molecule has 4 heterocycles. The molecule has 2 aliphatic rings. The Balaban J connectivity index is 1.30. The Morgan fingerprint density at radius 1 is 1.12 bits per heavy atom. The number of likely N-dealkylation sites (tertiary alicyclic amines) is 1. The van der Waals surface area contributed by atoms with Crippen LogP contribution in [-0.2, 0) is 5.41 Å². The van der Waals surface area contributed by atoms with E-state index in [-0.39, 0.29) is 17.0 Å². The molecule has 7 heteroatoms. The van der Waals surface area contributed by atoms with Gasteiger partial charge in [-0.3, -0.25) is 4.79 Å². The standard InChI is InChI=1S/C25H21FN4O2/c26-18-3-5-21(28-13-18)24(32)30-9-7-25(15-30)12-22(31)19-11-16(1-4-20(19)25)17-2-6-23-27-8-10-29(23)14-17/h1-6,8,10-11,13-14,22,31H,7,9,12,15H2. The zero-order valence-corrected chi connectivity index (χ0v) is 17.3. The summed E-state index contributed by atoms with van der Waals surface area (Å²) in [6.07, 6.45) is 7.58. The van der Waals surface area contributed by atoms with Crippen molar-refractivity contribution in [3.63, 3.8) is 0 Å². The largest absolute Gasteiger partial charge is 0.388 e. The van der Waals surface area contributed by atoms with Gasteiger partial charge in [0.15, 0.2) is 0 Å². The van der Waals surface area contributed by atoms with Crippen LogP contribution in [0.25, 0.3) is 16.8 Å². The van der Waals surface area contributed by atoms with Crippen LogP contribution in [0.4, 0.5) is 4.39 Å². The Hall–Kier alpha value is -3.58. The minimum absolute atomic E-state index is 0.199. The molecule has 1 aliphatic heterocycles. The second-order valence-electron chi connectivity index (χ2n) is 8.75. The maximum absolute atomic E-state index is 13.2. The number of aromatic nitrogens is 3. The highest BCUT2D eigenvalue weighted by atomic mass is 19.1. The van der Waals surface area contributed by atoms with Crippen LogP contribution in [0.1, 0.15) is 40.6 Å². The van der Waals surface area contributed by atoms with E-state index in [1.54, 1.807) is 11.1 Å². The van der Waals surface area contributed by atoms with Crippen molar-refractivity contribution in [3.8, 4) is 11.1 Å². The number of hydrogen-bond donors (Lipinski definition) is 1. The molecule has 0 saturated carbocycles. The first-order chi connectivity index (χ1) is 15.5. The van der Waals surface area contributed by atoms with Gasteiger partial charge in [-0.2, -0.15) is 0 Å². The number of aliphatic hydroxyl groups is 1. The fraction of sp³-hybridized carbons (Fsp3) is 0.240. The zero-order chi connectivity index (χ0) is 21.9. The van der Waals surface area contributed by atoms with E-state index in [0.29, 0.717) is 19.5 Å². The highest BCUT2D eigenvalue weighted by molar-refractivity contribution is 5.92. The van der Waals surface area contributed by atoms with Crippen LogP contribution in [0.2, 0.25) is 0 Å². The third-order valence-corrected chi connectivity index (χ3v) is 6.88. The van der Waals surface area contributed by atoms with Crippen molar-refractivity contribution in [2.45, 2.75) is 24.4 Å². The van der Waals surface area contributed by atoms with Crippen LogP contribution in [0.15, 0.2) is 67.3 Å². The number of rotatable bonds is 2. The number of imidazole rings is 1. The van der Waals surface area contributed by atoms with Crippen molar-refractivity contribution in [3.05, 3.63) is 89.9 Å². The molecule has 1 saturated heterocycles. The molecule has 0 bridgehead atoms. The summed E-state index contributed by atoms with van der Waals surface area (Å²) in [6, 6.07) is 12.9. The van der Waals surface area contributed by atoms with E-state index in [1.165, 1.54) is 12.1 Å². The van der Waals surface area contributed by atoms with Gasteiger partial charge in [-0.05, 0) is 65.4 Å². The average molecular weight is 428 g/mol. The number of carbonyl (C=O) groups is 1. The van der Waals surface area contributed by atoms with Crippen molar-refractivity contribution in [1.29, 1.82) is 0 Å². The first-order valence-electron chi connectivity index (χ1n) is 10.7. The van der Waals surface area contributed by atoms with Gasteiger partial charge in [0.2, 0.25) is 0 Å². The number of aliphatic hydroxyl groups excluding tert-OH is 1. The minimum Gasteiger partial charge on any atom is -0.388 e. The predicted molar refractivity (Wildman–Crippen MR) is 117 cm³/mol. The lowest BCUT2D eigenvalue weighted by molar-refractivity contribution is 0.0770. The average Bonchev–Trinajstić information content (AvgIpc) is 3.52. The zero-order valence-electron chi connectivity index (χ0n) is 17.3. The van der Waals surface area contributed by atoms with E-state index < -0.39 is 11.9 Å². The van der Waals surface area contributed by atoms with Gasteiger partial charge in [-0.25, -0.2) is 14.4 Å². The molecule has 2 atom stereocenters. The Labute approximate surface area is 184 Å². The molecule has 1 spiro atoms. The molecule has 2 unspecified atom stereocenters. The number of benzene rings is 1. The van der Waals surface area contributed by atoms with E-state index in [1.807, 2.05) is 28.9 Å². The molecule has 32 heavy (non-hydrogen) atoms. The number of pyridine rings is 2. The summed E-state index contributed by atoms with van der Waals surface area (Å²) in [5.74, 6) is -0.662. The van der Waals surface area contributed by atoms with Gasteiger partial charge < -0.3 is 14.4 Å². The Bertz CT molecular complexity index is 1350. The van der Waals surface area contributed by atoms with Crippen LogP contribution < -0.4 is 0 Å². The van der Waals surface area contributed by atoms with Gasteiger partial charge in [-0.15, -0.1) is 0 Å². The molecular weight excluding hydrogens is 407 g/mol. The molecule has 3 aromatic heterocycles. The van der Waals surface area contributed by atoms with Gasteiger partial charge in [0.1, 0.15) is 17.2 Å². The third-order valence-electron chi connectivity index (χ3n) is 6.88. The highest BCUT2D eigenvalue weighted by Gasteiger charge is 2.48. The SMILES string of the molecule is O=C(c1ccc(F)cn1)N1CCC2(CC(O)c3cc(-c4ccc5nccn5c4)ccc32)C1. The molecule has 1 N–H and O–H groups in total. The molecule has 1 aromatic carbocycles. The van der Waals surface area contributed by atoms with Crippen LogP contribution in [-0.4, -0.2) is 43.4 Å². The number of carbonyl (C=O) groups excluding carboxylic acids is 1. The second-order valence-corrected chi connectivity index (χ2v) is 8.75. The maximum atomic E-state index is 13.2. The summed E-state index contributed by atoms with van der Waals surface area (Å²) in [7, 11) is 0. The summed E-state index contributed by atoms with van der Waals surface area (Å²) in [5.41, 5.74) is 5.00. The summed E-state index contributed by atoms with van der Waals surface area (Å²) in [6.45, 7) is 1.11. The van der Waals surface area contributed by atoms with E-state index in [9.17, 15) is 14.3 Å². The number of hydrogen-bond acceptors (Lipinski definition) is 4. The van der Waals surface area contributed by atoms with Crippen molar-refractivity contribution < 1.29 is 14.3 Å². The molecule has 6 nitrogen and oxygen atoms in total. The van der Waals surface area contributed by atoms with Gasteiger partial charge in [0.25, 0.3) is 5.91 Å². The lowest BCUT2D eigenvalue weighted by atomic mass is 9.80. The van der Waals surface area contributed by atoms with Gasteiger partial charge in [0, 0.05) is 37.1 Å². The van der Waals surface area contributed by atoms with E-state index in [4.69, 9.17) is 0 Å². The van der Waals surface area contributed by atoms with E-state index in [2.05, 4.69) is 28.2 Å². The first kappa shape index (κ1) is 19.1. The maximum Gasteiger partial charge on any atom is 0.272 e. The number of halogens is 1. The molecule has 1 aliphatic carbocycles. The summed E-state index contributed by atoms with van der Waals surface area (Å²) < 4.78 is 15.1.